The van der Waals surface area contributed by atoms with Crippen LogP contribution in [0.3, 0.4) is 0 Å². The van der Waals surface area contributed by atoms with Crippen LogP contribution in [0.25, 0.3) is 0 Å². The summed E-state index contributed by atoms with van der Waals surface area (Å²) in [5.41, 5.74) is 0.848. The van der Waals surface area contributed by atoms with Crippen molar-refractivity contribution in [1.82, 2.24) is 9.71 Å². The first-order valence-corrected chi connectivity index (χ1v) is 7.96. The lowest BCUT2D eigenvalue weighted by atomic mass is 10.1. The van der Waals surface area contributed by atoms with Crippen LogP contribution < -0.4 is 14.8 Å². The van der Waals surface area contributed by atoms with Gasteiger partial charge in [0.2, 0.25) is 10.0 Å². The molecule has 1 aromatic carbocycles. The Balaban J connectivity index is 1.83. The molecule has 0 radical (unpaired) electrons. The molecule has 2 heterocycles. The molecule has 0 bridgehead atoms. The van der Waals surface area contributed by atoms with Gasteiger partial charge >= 0.3 is 0 Å². The lowest BCUT2D eigenvalue weighted by molar-refractivity contribution is 0.325. The molecule has 2 aromatic rings. The predicted molar refractivity (Wildman–Crippen MR) is 78.8 cm³/mol. The monoisotopic (exact) mass is 305 g/mol. The molecule has 0 amide bonds. The van der Waals surface area contributed by atoms with Crippen LogP contribution in [0.2, 0.25) is 0 Å². The third-order valence-electron chi connectivity index (χ3n) is 3.30. The third kappa shape index (κ3) is 2.70. The van der Waals surface area contributed by atoms with E-state index in [0.29, 0.717) is 18.2 Å². The van der Waals surface area contributed by atoms with Crippen LogP contribution in [0.4, 0.5) is 5.82 Å². The first kappa shape index (κ1) is 13.8. The zero-order chi connectivity index (χ0) is 14.9. The van der Waals surface area contributed by atoms with E-state index in [-0.39, 0.29) is 10.9 Å². The van der Waals surface area contributed by atoms with Crippen LogP contribution in [0.15, 0.2) is 47.5 Å². The number of nitrogens with one attached hydrogen (secondary N) is 2. The second-order valence-electron chi connectivity index (χ2n) is 4.65. The number of rotatable bonds is 4. The Labute approximate surface area is 123 Å². The second-order valence-corrected chi connectivity index (χ2v) is 6.37. The Bertz CT molecular complexity index is 744. The molecule has 2 N–H and O–H groups in total. The molecule has 3 rings (SSSR count). The highest BCUT2D eigenvalue weighted by Crippen LogP contribution is 2.32. The van der Waals surface area contributed by atoms with Crippen molar-refractivity contribution in [2.24, 2.45) is 0 Å². The lowest BCUT2D eigenvalue weighted by Gasteiger charge is -2.12. The molecule has 0 saturated heterocycles. The number of anilines is 1. The van der Waals surface area contributed by atoms with Crippen molar-refractivity contribution < 1.29 is 13.2 Å². The fourth-order valence-electron chi connectivity index (χ4n) is 2.20. The maximum atomic E-state index is 12.4. The van der Waals surface area contributed by atoms with Crippen LogP contribution in [0, 0.1) is 0 Å². The third-order valence-corrected chi connectivity index (χ3v) is 4.76. The molecule has 1 atom stereocenters. The predicted octanol–water partition coefficient (Wildman–Crippen LogP) is 1.54. The number of hydrogen-bond acceptors (Lipinski definition) is 5. The van der Waals surface area contributed by atoms with E-state index >= 15 is 0 Å². The van der Waals surface area contributed by atoms with E-state index < -0.39 is 10.0 Å². The fourth-order valence-corrected chi connectivity index (χ4v) is 3.35. The highest BCUT2D eigenvalue weighted by Gasteiger charge is 2.28. The lowest BCUT2D eigenvalue weighted by Crippen LogP contribution is -2.29. The first-order valence-electron chi connectivity index (χ1n) is 6.48. The van der Waals surface area contributed by atoms with Gasteiger partial charge in [-0.15, -0.1) is 0 Å². The summed E-state index contributed by atoms with van der Waals surface area (Å²) < 4.78 is 32.9. The van der Waals surface area contributed by atoms with Gasteiger partial charge in [0, 0.05) is 18.8 Å². The molecule has 110 valence electrons. The van der Waals surface area contributed by atoms with Crippen molar-refractivity contribution in [3.8, 4) is 5.75 Å². The number of benzene rings is 1. The summed E-state index contributed by atoms with van der Waals surface area (Å²) >= 11 is 0. The van der Waals surface area contributed by atoms with Crippen LogP contribution in [-0.2, 0) is 10.0 Å². The minimum Gasteiger partial charge on any atom is -0.491 e. The van der Waals surface area contributed by atoms with Crippen molar-refractivity contribution in [2.45, 2.75) is 10.9 Å². The minimum absolute atomic E-state index is 0.130. The average Bonchev–Trinajstić information content (AvgIpc) is 2.90. The molecule has 7 heteroatoms. The summed E-state index contributed by atoms with van der Waals surface area (Å²) in [4.78, 5) is 4.15. The summed E-state index contributed by atoms with van der Waals surface area (Å²) in [6.45, 7) is 0.292. The highest BCUT2D eigenvalue weighted by molar-refractivity contribution is 7.89. The summed E-state index contributed by atoms with van der Waals surface area (Å²) in [7, 11) is -1.91. The van der Waals surface area contributed by atoms with Gasteiger partial charge in [-0.1, -0.05) is 18.2 Å². The molecular weight excluding hydrogens is 290 g/mol. The molecule has 6 nitrogen and oxygen atoms in total. The Kier molecular flexibility index (Phi) is 3.52. The van der Waals surface area contributed by atoms with Crippen LogP contribution >= 0.6 is 0 Å². The van der Waals surface area contributed by atoms with Crippen LogP contribution in [0.1, 0.15) is 11.6 Å². The van der Waals surface area contributed by atoms with E-state index in [1.165, 1.54) is 12.3 Å². The number of pyridine rings is 1. The van der Waals surface area contributed by atoms with Crippen molar-refractivity contribution in [3.05, 3.63) is 48.2 Å². The minimum atomic E-state index is -3.63. The standard InChI is InChI=1S/C14H15N3O3S/c1-15-14-7-6-10(8-16-14)21(18,19)17-12-9-20-13-5-3-2-4-11(12)13/h2-8,12,17H,9H2,1H3,(H,15,16). The van der Waals surface area contributed by atoms with Gasteiger partial charge in [0.25, 0.3) is 0 Å². The molecule has 21 heavy (non-hydrogen) atoms. The van der Waals surface area contributed by atoms with Gasteiger partial charge in [0.15, 0.2) is 0 Å². The molecule has 1 unspecified atom stereocenters. The quantitative estimate of drug-likeness (QED) is 0.895. The SMILES string of the molecule is CNc1ccc(S(=O)(=O)NC2COc3ccccc32)cn1. The Morgan fingerprint density at radius 2 is 2.05 bits per heavy atom. The summed E-state index contributed by atoms with van der Waals surface area (Å²) in [5, 5.41) is 2.85. The molecule has 0 aliphatic carbocycles. The number of para-hydroxylation sites is 1. The number of sulfonamides is 1. The van der Waals surface area contributed by atoms with E-state index in [1.807, 2.05) is 24.3 Å². The van der Waals surface area contributed by atoms with Gasteiger partial charge in [-0.25, -0.2) is 18.1 Å². The summed E-state index contributed by atoms with van der Waals surface area (Å²) in [6, 6.07) is 10.2. The number of aromatic nitrogens is 1. The molecule has 0 fully saturated rings. The van der Waals surface area contributed by atoms with Gasteiger partial charge < -0.3 is 10.1 Å². The Morgan fingerprint density at radius 3 is 2.76 bits per heavy atom. The number of fused-ring (bicyclic) bond motifs is 1. The van der Waals surface area contributed by atoms with Gasteiger partial charge in [0.1, 0.15) is 23.1 Å². The van der Waals surface area contributed by atoms with Gasteiger partial charge in [0.05, 0.1) is 6.04 Å². The normalized spacial score (nSPS) is 17.1. The Morgan fingerprint density at radius 1 is 1.24 bits per heavy atom. The average molecular weight is 305 g/mol. The van der Waals surface area contributed by atoms with Crippen molar-refractivity contribution in [3.63, 3.8) is 0 Å². The van der Waals surface area contributed by atoms with E-state index in [9.17, 15) is 8.42 Å². The zero-order valence-electron chi connectivity index (χ0n) is 11.4. The smallest absolute Gasteiger partial charge is 0.242 e. The zero-order valence-corrected chi connectivity index (χ0v) is 12.2. The topological polar surface area (TPSA) is 80.3 Å². The maximum absolute atomic E-state index is 12.4. The number of ether oxygens (including phenoxy) is 1. The molecule has 1 aliphatic heterocycles. The second kappa shape index (κ2) is 5.34. The van der Waals surface area contributed by atoms with Crippen LogP contribution in [-0.4, -0.2) is 27.1 Å². The van der Waals surface area contributed by atoms with E-state index in [2.05, 4.69) is 15.0 Å². The molecule has 0 spiro atoms. The van der Waals surface area contributed by atoms with Gasteiger partial charge in [-0.3, -0.25) is 0 Å². The number of nitrogens with zero attached hydrogens (tertiary/aromatic N) is 1. The molecule has 0 saturated carbocycles. The van der Waals surface area contributed by atoms with E-state index in [4.69, 9.17) is 4.74 Å². The molecule has 1 aliphatic rings. The maximum Gasteiger partial charge on any atom is 0.242 e. The largest absolute Gasteiger partial charge is 0.491 e. The summed E-state index contributed by atoms with van der Waals surface area (Å²) in [5.74, 6) is 1.33. The van der Waals surface area contributed by atoms with Crippen molar-refractivity contribution in [2.75, 3.05) is 19.0 Å². The highest BCUT2D eigenvalue weighted by atomic mass is 32.2. The fraction of sp³-hybridized carbons (Fsp3) is 0.214. The number of hydrogen-bond donors (Lipinski definition) is 2. The molecule has 1 aromatic heterocycles. The first-order chi connectivity index (χ1) is 10.1. The van der Waals surface area contributed by atoms with E-state index in [1.54, 1.807) is 13.1 Å². The van der Waals surface area contributed by atoms with Crippen molar-refractivity contribution >= 4 is 15.8 Å². The molecular formula is C14H15N3O3S. The van der Waals surface area contributed by atoms with Gasteiger partial charge in [-0.05, 0) is 18.2 Å². The summed E-state index contributed by atoms with van der Waals surface area (Å²) in [6.07, 6.45) is 1.33. The van der Waals surface area contributed by atoms with E-state index in [0.717, 1.165) is 5.56 Å². The Hall–Kier alpha value is -2.12. The van der Waals surface area contributed by atoms with Crippen molar-refractivity contribution in [1.29, 1.82) is 0 Å². The van der Waals surface area contributed by atoms with Crippen LogP contribution in [0.5, 0.6) is 5.75 Å². The van der Waals surface area contributed by atoms with Gasteiger partial charge in [-0.2, -0.15) is 0 Å².